The van der Waals surface area contributed by atoms with Crippen molar-refractivity contribution in [2.24, 2.45) is 0 Å². The van der Waals surface area contributed by atoms with Crippen LogP contribution in [0.2, 0.25) is 5.02 Å². The van der Waals surface area contributed by atoms with Gasteiger partial charge in [-0.2, -0.15) is 0 Å². The molecule has 0 bridgehead atoms. The summed E-state index contributed by atoms with van der Waals surface area (Å²) < 4.78 is 4.63. The van der Waals surface area contributed by atoms with Gasteiger partial charge >= 0.3 is 5.97 Å². The summed E-state index contributed by atoms with van der Waals surface area (Å²) in [5.41, 5.74) is 1.89. The SMILES string of the molecule is COC(=O)c1ccc(Cl)c(NC(=O)CC(=O)NCCC2=CCCCC2)c1. The number of esters is 1. The van der Waals surface area contributed by atoms with E-state index in [1.807, 2.05) is 0 Å². The van der Waals surface area contributed by atoms with Crippen molar-refractivity contribution in [3.8, 4) is 0 Å². The summed E-state index contributed by atoms with van der Waals surface area (Å²) in [6, 6.07) is 4.40. The van der Waals surface area contributed by atoms with Crippen molar-refractivity contribution in [3.63, 3.8) is 0 Å². The van der Waals surface area contributed by atoms with E-state index in [1.54, 1.807) is 0 Å². The molecule has 1 aliphatic rings. The van der Waals surface area contributed by atoms with Crippen LogP contribution in [-0.4, -0.2) is 31.4 Å². The van der Waals surface area contributed by atoms with Crippen molar-refractivity contribution in [1.29, 1.82) is 0 Å². The number of anilines is 1. The van der Waals surface area contributed by atoms with Gasteiger partial charge in [0.2, 0.25) is 11.8 Å². The first kappa shape index (κ1) is 20.0. The quantitative estimate of drug-likeness (QED) is 0.432. The summed E-state index contributed by atoms with van der Waals surface area (Å²) >= 11 is 6.02. The van der Waals surface area contributed by atoms with Crippen molar-refractivity contribution < 1.29 is 19.1 Å². The van der Waals surface area contributed by atoms with Gasteiger partial charge in [0.25, 0.3) is 0 Å². The summed E-state index contributed by atoms with van der Waals surface area (Å²) in [5, 5.41) is 5.58. The number of ether oxygens (including phenoxy) is 1. The Hall–Kier alpha value is -2.34. The van der Waals surface area contributed by atoms with E-state index in [2.05, 4.69) is 21.4 Å². The van der Waals surface area contributed by atoms with Crippen molar-refractivity contribution in [3.05, 3.63) is 40.4 Å². The molecule has 0 saturated carbocycles. The van der Waals surface area contributed by atoms with Crippen molar-refractivity contribution in [2.45, 2.75) is 38.5 Å². The van der Waals surface area contributed by atoms with Gasteiger partial charge in [-0.15, -0.1) is 0 Å². The van der Waals surface area contributed by atoms with Crippen LogP contribution < -0.4 is 10.6 Å². The minimum absolute atomic E-state index is 0.261. The molecule has 0 aromatic heterocycles. The van der Waals surface area contributed by atoms with Gasteiger partial charge in [-0.25, -0.2) is 4.79 Å². The van der Waals surface area contributed by atoms with Gasteiger partial charge < -0.3 is 15.4 Å². The van der Waals surface area contributed by atoms with Gasteiger partial charge in [0, 0.05) is 6.54 Å². The number of halogens is 1. The summed E-state index contributed by atoms with van der Waals surface area (Å²) in [4.78, 5) is 35.5. The Balaban J connectivity index is 1.81. The third kappa shape index (κ3) is 6.19. The van der Waals surface area contributed by atoms with Crippen LogP contribution in [-0.2, 0) is 14.3 Å². The lowest BCUT2D eigenvalue weighted by Gasteiger charge is -2.13. The molecule has 0 spiro atoms. The fourth-order valence-electron chi connectivity index (χ4n) is 2.76. The van der Waals surface area contributed by atoms with Gasteiger partial charge in [0.05, 0.1) is 23.4 Å². The molecule has 1 aromatic rings. The summed E-state index contributed by atoms with van der Waals surface area (Å²) in [5.74, 6) is -1.38. The monoisotopic (exact) mass is 378 g/mol. The molecule has 1 aliphatic carbocycles. The Morgan fingerprint density at radius 3 is 2.69 bits per heavy atom. The van der Waals surface area contributed by atoms with Crippen LogP contribution in [0.25, 0.3) is 0 Å². The van der Waals surface area contributed by atoms with Crippen molar-refractivity contribution >= 4 is 35.1 Å². The van der Waals surface area contributed by atoms with E-state index in [9.17, 15) is 14.4 Å². The minimum atomic E-state index is -0.535. The van der Waals surface area contributed by atoms with Crippen molar-refractivity contribution in [2.75, 3.05) is 19.0 Å². The highest BCUT2D eigenvalue weighted by Crippen LogP contribution is 2.23. The number of hydrogen-bond acceptors (Lipinski definition) is 4. The van der Waals surface area contributed by atoms with Gasteiger partial charge in [-0.05, 0) is 50.3 Å². The molecule has 1 aromatic carbocycles. The Labute approximate surface area is 157 Å². The molecule has 0 heterocycles. The molecule has 26 heavy (non-hydrogen) atoms. The minimum Gasteiger partial charge on any atom is -0.465 e. The number of nitrogens with one attached hydrogen (secondary N) is 2. The zero-order valence-electron chi connectivity index (χ0n) is 14.8. The molecule has 6 nitrogen and oxygen atoms in total. The molecule has 0 fully saturated rings. The molecule has 7 heteroatoms. The van der Waals surface area contributed by atoms with Gasteiger partial charge in [0.15, 0.2) is 0 Å². The normalized spacial score (nSPS) is 13.5. The number of methoxy groups -OCH3 is 1. The topological polar surface area (TPSA) is 84.5 Å². The maximum absolute atomic E-state index is 12.0. The van der Waals surface area contributed by atoms with E-state index in [1.165, 1.54) is 43.7 Å². The van der Waals surface area contributed by atoms with Gasteiger partial charge in [0.1, 0.15) is 6.42 Å². The summed E-state index contributed by atoms with van der Waals surface area (Å²) in [7, 11) is 1.27. The molecule has 0 atom stereocenters. The number of benzene rings is 1. The summed E-state index contributed by atoms with van der Waals surface area (Å²) in [6.45, 7) is 0.524. The number of carbonyl (C=O) groups excluding carboxylic acids is 3. The first-order chi connectivity index (χ1) is 12.5. The molecule has 2 amide bonds. The Bertz CT molecular complexity index is 715. The maximum atomic E-state index is 12.0. The average Bonchev–Trinajstić information content (AvgIpc) is 2.63. The number of amides is 2. The van der Waals surface area contributed by atoms with E-state index in [4.69, 9.17) is 11.6 Å². The van der Waals surface area contributed by atoms with Gasteiger partial charge in [-0.1, -0.05) is 23.3 Å². The highest BCUT2D eigenvalue weighted by molar-refractivity contribution is 6.34. The predicted octanol–water partition coefficient (Wildman–Crippen LogP) is 3.46. The van der Waals surface area contributed by atoms with E-state index in [0.29, 0.717) is 6.54 Å². The van der Waals surface area contributed by atoms with Crippen molar-refractivity contribution in [1.82, 2.24) is 5.32 Å². The zero-order valence-corrected chi connectivity index (χ0v) is 15.5. The second-order valence-corrected chi connectivity index (χ2v) is 6.53. The van der Waals surface area contributed by atoms with E-state index < -0.39 is 11.9 Å². The lowest BCUT2D eigenvalue weighted by Crippen LogP contribution is -2.29. The van der Waals surface area contributed by atoms with E-state index in [0.717, 1.165) is 19.3 Å². The van der Waals surface area contributed by atoms with Crippen LogP contribution in [0, 0.1) is 0 Å². The Kier molecular flexibility index (Phi) is 7.66. The molecule has 2 rings (SSSR count). The van der Waals surface area contributed by atoms with Crippen LogP contribution in [0.1, 0.15) is 48.9 Å². The second-order valence-electron chi connectivity index (χ2n) is 6.12. The predicted molar refractivity (Wildman–Crippen MR) is 100 cm³/mol. The number of carbonyl (C=O) groups is 3. The highest BCUT2D eigenvalue weighted by atomic mass is 35.5. The van der Waals surface area contributed by atoms with Gasteiger partial charge in [-0.3, -0.25) is 9.59 Å². The molecule has 0 radical (unpaired) electrons. The number of hydrogen-bond donors (Lipinski definition) is 2. The van der Waals surface area contributed by atoms with Crippen LogP contribution in [0.4, 0.5) is 5.69 Å². The molecule has 140 valence electrons. The fourth-order valence-corrected chi connectivity index (χ4v) is 2.93. The third-order valence-electron chi connectivity index (χ3n) is 4.14. The lowest BCUT2D eigenvalue weighted by atomic mass is 9.97. The molecular weight excluding hydrogens is 356 g/mol. The standard InChI is InChI=1S/C19H23ClN2O4/c1-26-19(25)14-7-8-15(20)16(11-14)22-18(24)12-17(23)21-10-9-13-5-3-2-4-6-13/h5,7-8,11H,2-4,6,9-10,12H2,1H3,(H,21,23)(H,22,24). The first-order valence-electron chi connectivity index (χ1n) is 8.62. The first-order valence-corrected chi connectivity index (χ1v) is 8.99. The smallest absolute Gasteiger partial charge is 0.337 e. The largest absolute Gasteiger partial charge is 0.465 e. The number of rotatable bonds is 7. The molecular formula is C19H23ClN2O4. The van der Waals surface area contributed by atoms with Crippen LogP contribution in [0.15, 0.2) is 29.8 Å². The second kappa shape index (κ2) is 9.97. The lowest BCUT2D eigenvalue weighted by molar-refractivity contribution is -0.126. The molecule has 2 N–H and O–H groups in total. The zero-order chi connectivity index (χ0) is 18.9. The fraction of sp³-hybridized carbons (Fsp3) is 0.421. The summed E-state index contributed by atoms with van der Waals surface area (Å²) in [6.07, 6.45) is 7.38. The van der Waals surface area contributed by atoms with Crippen LogP contribution >= 0.6 is 11.6 Å². The van der Waals surface area contributed by atoms with E-state index >= 15 is 0 Å². The highest BCUT2D eigenvalue weighted by Gasteiger charge is 2.14. The van der Waals surface area contributed by atoms with E-state index in [-0.39, 0.29) is 28.6 Å². The third-order valence-corrected chi connectivity index (χ3v) is 4.47. The maximum Gasteiger partial charge on any atom is 0.337 e. The molecule has 0 aliphatic heterocycles. The Morgan fingerprint density at radius 2 is 2.00 bits per heavy atom. The molecule has 0 saturated heterocycles. The van der Waals surface area contributed by atoms with Crippen LogP contribution in [0.5, 0.6) is 0 Å². The molecule has 0 unspecified atom stereocenters. The number of allylic oxidation sites excluding steroid dienone is 1. The Morgan fingerprint density at radius 1 is 1.19 bits per heavy atom. The van der Waals surface area contributed by atoms with Crippen LogP contribution in [0.3, 0.4) is 0 Å². The average molecular weight is 379 g/mol.